The van der Waals surface area contributed by atoms with E-state index in [2.05, 4.69) is 0 Å². The molecule has 1 rings (SSSR count). The smallest absolute Gasteiger partial charge is 0.339 e. The van der Waals surface area contributed by atoms with Gasteiger partial charge in [-0.1, -0.05) is 26.0 Å². The van der Waals surface area contributed by atoms with E-state index in [4.69, 9.17) is 14.9 Å². The maximum Gasteiger partial charge on any atom is 0.339 e. The molecule has 7 heteroatoms. The highest BCUT2D eigenvalue weighted by Gasteiger charge is 2.48. The number of carboxylic acid groups (broad SMARTS) is 1. The first-order valence-electron chi connectivity index (χ1n) is 6.75. The molecule has 1 aromatic rings. The molecule has 0 amide bonds. The lowest BCUT2D eigenvalue weighted by Crippen LogP contribution is -2.54. The van der Waals surface area contributed by atoms with Crippen molar-refractivity contribution in [3.8, 4) is 5.75 Å². The lowest BCUT2D eigenvalue weighted by atomic mass is 9.87. The number of phenolic OH excluding ortho intramolecular Hbond substituents is 1. The Morgan fingerprint density at radius 1 is 1.23 bits per heavy atom. The van der Waals surface area contributed by atoms with Crippen molar-refractivity contribution in [2.75, 3.05) is 0 Å². The van der Waals surface area contributed by atoms with Crippen molar-refractivity contribution in [2.45, 2.75) is 38.6 Å². The van der Waals surface area contributed by atoms with Crippen LogP contribution in [0.1, 0.15) is 25.8 Å². The van der Waals surface area contributed by atoms with Crippen molar-refractivity contribution in [3.63, 3.8) is 0 Å². The van der Waals surface area contributed by atoms with E-state index in [-0.39, 0.29) is 24.7 Å². The molecule has 22 heavy (non-hydrogen) atoms. The summed E-state index contributed by atoms with van der Waals surface area (Å²) >= 11 is 0. The van der Waals surface area contributed by atoms with E-state index in [1.54, 1.807) is 13.8 Å². The van der Waals surface area contributed by atoms with Crippen LogP contribution in [0.4, 0.5) is 0 Å². The summed E-state index contributed by atoms with van der Waals surface area (Å²) in [7, 11) is 0. The lowest BCUT2D eigenvalue weighted by Gasteiger charge is -2.28. The highest BCUT2D eigenvalue weighted by molar-refractivity contribution is 5.87. The Kier molecular flexibility index (Phi) is 5.90. The number of benzene rings is 1. The van der Waals surface area contributed by atoms with Gasteiger partial charge in [-0.3, -0.25) is 0 Å². The Morgan fingerprint density at radius 3 is 2.23 bits per heavy atom. The minimum atomic E-state index is -2.60. The minimum absolute atomic E-state index is 0.0484. The van der Waals surface area contributed by atoms with E-state index < -0.39 is 23.6 Å². The summed E-state index contributed by atoms with van der Waals surface area (Å²) in [6, 6.07) is 5.80. The van der Waals surface area contributed by atoms with Crippen LogP contribution in [0.25, 0.3) is 0 Å². The fourth-order valence-electron chi connectivity index (χ4n) is 1.96. The van der Waals surface area contributed by atoms with Crippen LogP contribution in [0, 0.1) is 5.92 Å². The molecule has 0 aliphatic rings. The number of aliphatic hydroxyl groups excluding tert-OH is 1. The second kappa shape index (κ2) is 7.24. The summed E-state index contributed by atoms with van der Waals surface area (Å²) in [5.41, 5.74) is -2.05. The van der Waals surface area contributed by atoms with Crippen molar-refractivity contribution >= 4 is 11.9 Å². The van der Waals surface area contributed by atoms with Gasteiger partial charge in [-0.2, -0.15) is 0 Å². The summed E-state index contributed by atoms with van der Waals surface area (Å²) < 4.78 is 4.81. The normalized spacial score (nSPS) is 15.1. The van der Waals surface area contributed by atoms with E-state index in [1.165, 1.54) is 24.3 Å². The largest absolute Gasteiger partial charge is 0.508 e. The number of rotatable bonds is 7. The van der Waals surface area contributed by atoms with Crippen LogP contribution >= 0.6 is 0 Å². The predicted molar refractivity (Wildman–Crippen MR) is 76.0 cm³/mol. The molecule has 0 saturated heterocycles. The SMILES string of the molecule is CC(C)CC(O)(C(=O)O)C(O)C(=O)OCc1ccc(O)cc1. The van der Waals surface area contributed by atoms with Crippen LogP contribution in [0.15, 0.2) is 24.3 Å². The van der Waals surface area contributed by atoms with Crippen LogP contribution in [0.5, 0.6) is 5.75 Å². The topological polar surface area (TPSA) is 124 Å². The molecule has 0 radical (unpaired) electrons. The van der Waals surface area contributed by atoms with Gasteiger partial charge in [-0.15, -0.1) is 0 Å². The monoisotopic (exact) mass is 312 g/mol. The number of carbonyl (C=O) groups excluding carboxylic acids is 1. The summed E-state index contributed by atoms with van der Waals surface area (Å²) in [6.45, 7) is 3.10. The number of aliphatic carboxylic acids is 1. The first kappa shape index (κ1) is 17.9. The Bertz CT molecular complexity index is 523. The van der Waals surface area contributed by atoms with Crippen molar-refractivity contribution < 1.29 is 34.8 Å². The van der Waals surface area contributed by atoms with Gasteiger partial charge in [0.05, 0.1) is 0 Å². The molecule has 0 fully saturated rings. The van der Waals surface area contributed by atoms with Crippen molar-refractivity contribution in [1.82, 2.24) is 0 Å². The van der Waals surface area contributed by atoms with Gasteiger partial charge in [0.25, 0.3) is 0 Å². The second-order valence-electron chi connectivity index (χ2n) is 5.50. The van der Waals surface area contributed by atoms with Crippen LogP contribution in [0.2, 0.25) is 0 Å². The molecule has 1 aromatic carbocycles. The Balaban J connectivity index is 2.73. The van der Waals surface area contributed by atoms with Gasteiger partial charge in [0.2, 0.25) is 0 Å². The van der Waals surface area contributed by atoms with Gasteiger partial charge in [0, 0.05) is 0 Å². The molecule has 0 spiro atoms. The molecule has 0 saturated carbocycles. The first-order valence-corrected chi connectivity index (χ1v) is 6.75. The molecule has 0 aliphatic heterocycles. The fraction of sp³-hybridized carbons (Fsp3) is 0.467. The fourth-order valence-corrected chi connectivity index (χ4v) is 1.96. The third-order valence-electron chi connectivity index (χ3n) is 3.08. The summed E-state index contributed by atoms with van der Waals surface area (Å²) in [6.07, 6.45) is -2.48. The number of hydrogen-bond donors (Lipinski definition) is 4. The molecule has 4 N–H and O–H groups in total. The number of carboxylic acids is 1. The van der Waals surface area contributed by atoms with Crippen molar-refractivity contribution in [2.24, 2.45) is 5.92 Å². The van der Waals surface area contributed by atoms with Gasteiger partial charge in [-0.05, 0) is 30.0 Å². The molecular formula is C15H20O7. The number of ether oxygens (including phenoxy) is 1. The third-order valence-corrected chi connectivity index (χ3v) is 3.08. The van der Waals surface area contributed by atoms with E-state index in [1.807, 2.05) is 0 Å². The maximum absolute atomic E-state index is 11.8. The standard InChI is InChI=1S/C15H20O7/c1-9(2)7-15(21,14(19)20)12(17)13(18)22-8-10-3-5-11(16)6-4-10/h3-6,9,12,16-17,21H,7-8H2,1-2H3,(H,19,20). The minimum Gasteiger partial charge on any atom is -0.508 e. The average molecular weight is 312 g/mol. The average Bonchev–Trinajstić information content (AvgIpc) is 2.44. The van der Waals surface area contributed by atoms with Crippen LogP contribution in [0.3, 0.4) is 0 Å². The van der Waals surface area contributed by atoms with Gasteiger partial charge < -0.3 is 25.2 Å². The number of aliphatic hydroxyl groups is 2. The summed E-state index contributed by atoms with van der Waals surface area (Å²) in [5.74, 6) is -3.11. The van der Waals surface area contributed by atoms with Crippen LogP contribution in [-0.4, -0.2) is 44.1 Å². The molecular weight excluding hydrogens is 292 g/mol. The van der Waals surface area contributed by atoms with Gasteiger partial charge >= 0.3 is 11.9 Å². The molecule has 0 aliphatic carbocycles. The molecule has 122 valence electrons. The maximum atomic E-state index is 11.8. The zero-order chi connectivity index (χ0) is 16.9. The number of esters is 1. The number of phenols is 1. The number of carbonyl (C=O) groups is 2. The second-order valence-corrected chi connectivity index (χ2v) is 5.50. The van der Waals surface area contributed by atoms with E-state index in [0.29, 0.717) is 5.56 Å². The lowest BCUT2D eigenvalue weighted by molar-refractivity contribution is -0.189. The third kappa shape index (κ3) is 4.44. The predicted octanol–water partition coefficient (Wildman–Crippen LogP) is 0.658. The first-order chi connectivity index (χ1) is 10.2. The Morgan fingerprint density at radius 2 is 1.77 bits per heavy atom. The van der Waals surface area contributed by atoms with E-state index >= 15 is 0 Å². The van der Waals surface area contributed by atoms with E-state index in [0.717, 1.165) is 0 Å². The number of aromatic hydroxyl groups is 1. The van der Waals surface area contributed by atoms with E-state index in [9.17, 15) is 19.8 Å². The molecule has 0 aromatic heterocycles. The van der Waals surface area contributed by atoms with Gasteiger partial charge in [0.1, 0.15) is 12.4 Å². The highest BCUT2D eigenvalue weighted by Crippen LogP contribution is 2.23. The molecule has 2 atom stereocenters. The zero-order valence-corrected chi connectivity index (χ0v) is 12.4. The van der Waals surface area contributed by atoms with Crippen molar-refractivity contribution in [3.05, 3.63) is 29.8 Å². The van der Waals surface area contributed by atoms with Crippen molar-refractivity contribution in [1.29, 1.82) is 0 Å². The quantitative estimate of drug-likeness (QED) is 0.545. The molecule has 0 bridgehead atoms. The summed E-state index contributed by atoms with van der Waals surface area (Å²) in [5, 5.41) is 38.1. The molecule has 0 heterocycles. The summed E-state index contributed by atoms with van der Waals surface area (Å²) in [4.78, 5) is 22.9. The van der Waals surface area contributed by atoms with Gasteiger partial charge in [0.15, 0.2) is 11.7 Å². The van der Waals surface area contributed by atoms with Gasteiger partial charge in [-0.25, -0.2) is 9.59 Å². The Labute approximate surface area is 127 Å². The molecule has 7 nitrogen and oxygen atoms in total. The van der Waals surface area contributed by atoms with Crippen LogP contribution in [-0.2, 0) is 20.9 Å². The Hall–Kier alpha value is -2.12. The van der Waals surface area contributed by atoms with Crippen LogP contribution < -0.4 is 0 Å². The molecule has 2 unspecified atom stereocenters. The highest BCUT2D eigenvalue weighted by atomic mass is 16.6. The number of hydrogen-bond acceptors (Lipinski definition) is 6. The zero-order valence-electron chi connectivity index (χ0n) is 12.4.